The van der Waals surface area contributed by atoms with Crippen LogP contribution >= 0.6 is 0 Å². The number of pyridine rings is 1. The predicted molar refractivity (Wildman–Crippen MR) is 110 cm³/mol. The molecule has 1 saturated heterocycles. The number of aromatic nitrogens is 1. The highest BCUT2D eigenvalue weighted by atomic mass is 16.5. The lowest BCUT2D eigenvalue weighted by Gasteiger charge is -2.39. The van der Waals surface area contributed by atoms with Crippen molar-refractivity contribution in [2.24, 2.45) is 0 Å². The molecule has 1 amide bonds. The molecule has 3 heterocycles. The molecular formula is C23H26N2O4. The molecule has 1 N–H and O–H groups in total. The van der Waals surface area contributed by atoms with Crippen LogP contribution in [0.4, 0.5) is 0 Å². The van der Waals surface area contributed by atoms with Gasteiger partial charge in [-0.3, -0.25) is 14.7 Å². The summed E-state index contributed by atoms with van der Waals surface area (Å²) < 4.78 is 11.4. The summed E-state index contributed by atoms with van der Waals surface area (Å²) in [6.45, 7) is 6.80. The van der Waals surface area contributed by atoms with E-state index in [4.69, 9.17) is 9.47 Å². The van der Waals surface area contributed by atoms with E-state index in [1.165, 1.54) is 0 Å². The molecule has 0 saturated carbocycles. The van der Waals surface area contributed by atoms with Gasteiger partial charge < -0.3 is 14.6 Å². The van der Waals surface area contributed by atoms with E-state index >= 15 is 0 Å². The minimum absolute atomic E-state index is 0.121. The van der Waals surface area contributed by atoms with Crippen LogP contribution in [0.25, 0.3) is 6.08 Å². The fraction of sp³-hybridized carbons (Fsp3) is 0.391. The molecule has 2 aromatic rings. The topological polar surface area (TPSA) is 71.9 Å². The standard InChI is InChI=1S/C23H26N2O4/c1-3-16-11-22-19(10-17(16)9-15-5-6-18(4-2)24-12-15)23(27)25(14-29-22)20-13-28-8-7-21(20)26/h4-6,10-12,20-21,26H,2-3,7-9,13-14H2,1H3/t20?,21-/m0/s1. The van der Waals surface area contributed by atoms with Crippen LogP contribution in [0.5, 0.6) is 5.75 Å². The molecule has 4 rings (SSSR count). The Morgan fingerprint density at radius 1 is 1.34 bits per heavy atom. The van der Waals surface area contributed by atoms with Crippen molar-refractivity contribution in [3.05, 3.63) is 65.0 Å². The molecule has 1 fully saturated rings. The van der Waals surface area contributed by atoms with E-state index in [2.05, 4.69) is 18.5 Å². The molecule has 152 valence electrons. The molecule has 1 unspecified atom stereocenters. The first-order chi connectivity index (χ1) is 14.1. The highest BCUT2D eigenvalue weighted by Gasteiger charge is 2.37. The Labute approximate surface area is 170 Å². The monoisotopic (exact) mass is 394 g/mol. The fourth-order valence-electron chi connectivity index (χ4n) is 3.94. The third-order valence-corrected chi connectivity index (χ3v) is 5.68. The van der Waals surface area contributed by atoms with E-state index in [0.717, 1.165) is 28.8 Å². The Balaban J connectivity index is 1.63. The Morgan fingerprint density at radius 3 is 2.90 bits per heavy atom. The molecule has 1 aromatic heterocycles. The van der Waals surface area contributed by atoms with Crippen LogP contribution in [0.2, 0.25) is 0 Å². The lowest BCUT2D eigenvalue weighted by Crippen LogP contribution is -2.54. The van der Waals surface area contributed by atoms with Crippen molar-refractivity contribution >= 4 is 12.0 Å². The first-order valence-electron chi connectivity index (χ1n) is 10.0. The Morgan fingerprint density at radius 2 is 2.21 bits per heavy atom. The summed E-state index contributed by atoms with van der Waals surface area (Å²) in [6.07, 6.45) is 5.02. The van der Waals surface area contributed by atoms with Gasteiger partial charge in [-0.25, -0.2) is 0 Å². The van der Waals surface area contributed by atoms with Crippen molar-refractivity contribution in [2.75, 3.05) is 19.9 Å². The zero-order valence-electron chi connectivity index (χ0n) is 16.6. The molecular weight excluding hydrogens is 368 g/mol. The second-order valence-corrected chi connectivity index (χ2v) is 7.49. The van der Waals surface area contributed by atoms with Gasteiger partial charge in [0, 0.05) is 12.8 Å². The summed E-state index contributed by atoms with van der Waals surface area (Å²) in [5, 5.41) is 10.3. The van der Waals surface area contributed by atoms with Crippen LogP contribution in [0, 0.1) is 0 Å². The van der Waals surface area contributed by atoms with Gasteiger partial charge in [0.2, 0.25) is 0 Å². The molecule has 1 aromatic carbocycles. The lowest BCUT2D eigenvalue weighted by molar-refractivity contribution is -0.0696. The second kappa shape index (κ2) is 8.35. The first kappa shape index (κ1) is 19.6. The normalized spacial score (nSPS) is 21.4. The third kappa shape index (κ3) is 3.91. The van der Waals surface area contributed by atoms with Crippen LogP contribution < -0.4 is 4.74 Å². The van der Waals surface area contributed by atoms with Gasteiger partial charge in [-0.1, -0.05) is 19.6 Å². The van der Waals surface area contributed by atoms with Crippen molar-refractivity contribution in [2.45, 2.75) is 38.3 Å². The summed E-state index contributed by atoms with van der Waals surface area (Å²) in [7, 11) is 0. The fourth-order valence-corrected chi connectivity index (χ4v) is 3.94. The molecule has 2 atom stereocenters. The van der Waals surface area contributed by atoms with Crippen LogP contribution in [-0.4, -0.2) is 53.0 Å². The van der Waals surface area contributed by atoms with E-state index < -0.39 is 6.10 Å². The van der Waals surface area contributed by atoms with Gasteiger partial charge in [-0.05, 0) is 60.2 Å². The molecule has 2 aliphatic rings. The van der Waals surface area contributed by atoms with Gasteiger partial charge in [0.05, 0.1) is 30.0 Å². The van der Waals surface area contributed by atoms with Crippen LogP contribution in [-0.2, 0) is 17.6 Å². The molecule has 0 bridgehead atoms. The van der Waals surface area contributed by atoms with Gasteiger partial charge in [0.15, 0.2) is 6.73 Å². The predicted octanol–water partition coefficient (Wildman–Crippen LogP) is 2.82. The van der Waals surface area contributed by atoms with Crippen molar-refractivity contribution in [1.29, 1.82) is 0 Å². The summed E-state index contributed by atoms with van der Waals surface area (Å²) in [6, 6.07) is 7.49. The maximum atomic E-state index is 13.2. The summed E-state index contributed by atoms with van der Waals surface area (Å²) in [4.78, 5) is 19.2. The summed E-state index contributed by atoms with van der Waals surface area (Å²) in [5.41, 5.74) is 4.68. The number of hydrogen-bond acceptors (Lipinski definition) is 5. The van der Waals surface area contributed by atoms with Crippen LogP contribution in [0.15, 0.2) is 37.0 Å². The van der Waals surface area contributed by atoms with E-state index in [1.54, 1.807) is 11.0 Å². The molecule has 2 aliphatic heterocycles. The number of fused-ring (bicyclic) bond motifs is 1. The van der Waals surface area contributed by atoms with Crippen molar-refractivity contribution in [1.82, 2.24) is 9.88 Å². The molecule has 6 heteroatoms. The quantitative estimate of drug-likeness (QED) is 0.844. The highest BCUT2D eigenvalue weighted by Crippen LogP contribution is 2.32. The average Bonchev–Trinajstić information content (AvgIpc) is 2.75. The SMILES string of the molecule is C=Cc1ccc(Cc2cc3c(cc2CC)OCN(C2COCC[C@@H]2O)C3=O)cn1. The zero-order chi connectivity index (χ0) is 20.4. The number of ether oxygens (including phenoxy) is 2. The average molecular weight is 394 g/mol. The van der Waals surface area contributed by atoms with E-state index in [-0.39, 0.29) is 18.7 Å². The maximum absolute atomic E-state index is 13.2. The molecule has 0 spiro atoms. The molecule has 29 heavy (non-hydrogen) atoms. The van der Waals surface area contributed by atoms with E-state index in [0.29, 0.717) is 37.4 Å². The molecule has 0 aliphatic carbocycles. The Bertz CT molecular complexity index is 910. The number of rotatable bonds is 5. The minimum atomic E-state index is -0.596. The number of carbonyl (C=O) groups excluding carboxylic acids is 1. The Hall–Kier alpha value is -2.70. The number of aliphatic hydroxyl groups excluding tert-OH is 1. The number of benzene rings is 1. The summed E-state index contributed by atoms with van der Waals surface area (Å²) in [5.74, 6) is 0.489. The maximum Gasteiger partial charge on any atom is 0.260 e. The first-order valence-corrected chi connectivity index (χ1v) is 10.0. The van der Waals surface area contributed by atoms with Gasteiger partial charge in [-0.15, -0.1) is 0 Å². The number of hydrogen-bond donors (Lipinski definition) is 1. The number of aryl methyl sites for hydroxylation is 1. The van der Waals surface area contributed by atoms with Crippen LogP contribution in [0.3, 0.4) is 0 Å². The zero-order valence-corrected chi connectivity index (χ0v) is 16.6. The van der Waals surface area contributed by atoms with E-state index in [9.17, 15) is 9.90 Å². The molecule has 6 nitrogen and oxygen atoms in total. The largest absolute Gasteiger partial charge is 0.472 e. The van der Waals surface area contributed by atoms with Gasteiger partial charge in [0.1, 0.15) is 5.75 Å². The number of aliphatic hydroxyl groups is 1. The number of amides is 1. The summed E-state index contributed by atoms with van der Waals surface area (Å²) >= 11 is 0. The number of carbonyl (C=O) groups is 1. The van der Waals surface area contributed by atoms with Crippen molar-refractivity contribution < 1.29 is 19.4 Å². The van der Waals surface area contributed by atoms with Gasteiger partial charge in [-0.2, -0.15) is 0 Å². The second-order valence-electron chi connectivity index (χ2n) is 7.49. The minimum Gasteiger partial charge on any atom is -0.472 e. The molecule has 0 radical (unpaired) electrons. The lowest BCUT2D eigenvalue weighted by atomic mass is 9.94. The van der Waals surface area contributed by atoms with Gasteiger partial charge >= 0.3 is 0 Å². The van der Waals surface area contributed by atoms with E-state index in [1.807, 2.05) is 30.5 Å². The smallest absolute Gasteiger partial charge is 0.260 e. The third-order valence-electron chi connectivity index (χ3n) is 5.68. The highest BCUT2D eigenvalue weighted by molar-refractivity contribution is 5.98. The van der Waals surface area contributed by atoms with Gasteiger partial charge in [0.25, 0.3) is 5.91 Å². The van der Waals surface area contributed by atoms with Crippen molar-refractivity contribution in [3.8, 4) is 5.75 Å². The van der Waals surface area contributed by atoms with Crippen LogP contribution in [0.1, 0.15) is 46.1 Å². The van der Waals surface area contributed by atoms with Crippen molar-refractivity contribution in [3.63, 3.8) is 0 Å². The Kier molecular flexibility index (Phi) is 5.65. The number of nitrogens with zero attached hydrogens (tertiary/aromatic N) is 2.